The summed E-state index contributed by atoms with van der Waals surface area (Å²) in [6, 6.07) is 4.72. The minimum atomic E-state index is 0.399. The predicted molar refractivity (Wildman–Crippen MR) is 81.9 cm³/mol. The van der Waals surface area contributed by atoms with Crippen LogP contribution < -0.4 is 11.3 Å². The molecule has 3 unspecified atom stereocenters. The Bertz CT molecular complexity index is 316. The fourth-order valence-corrected chi connectivity index (χ4v) is 6.24. The van der Waals surface area contributed by atoms with E-state index in [2.05, 4.69) is 53.4 Å². The molecule has 0 saturated carbocycles. The van der Waals surface area contributed by atoms with Gasteiger partial charge in [-0.2, -0.15) is 23.5 Å². The first kappa shape index (κ1) is 13.7. The van der Waals surface area contributed by atoms with E-state index >= 15 is 0 Å². The number of hydrazine groups is 1. The van der Waals surface area contributed by atoms with Gasteiger partial charge in [-0.1, -0.05) is 13.0 Å². The van der Waals surface area contributed by atoms with E-state index in [1.807, 2.05) is 11.3 Å². The van der Waals surface area contributed by atoms with Crippen LogP contribution in [0.3, 0.4) is 0 Å². The van der Waals surface area contributed by atoms with Gasteiger partial charge >= 0.3 is 0 Å². The van der Waals surface area contributed by atoms with Crippen LogP contribution in [-0.4, -0.2) is 28.0 Å². The van der Waals surface area contributed by atoms with Crippen LogP contribution in [0.1, 0.15) is 18.2 Å². The average Bonchev–Trinajstić information content (AvgIpc) is 2.89. The van der Waals surface area contributed by atoms with Crippen LogP contribution in [0.4, 0.5) is 0 Å². The maximum atomic E-state index is 5.77. The Morgan fingerprint density at radius 3 is 2.94 bits per heavy atom. The molecular weight excluding hydrogens is 268 g/mol. The summed E-state index contributed by atoms with van der Waals surface area (Å²) in [6.07, 6.45) is 2.30. The number of nitrogens with two attached hydrogens (primary N) is 1. The first-order valence-electron chi connectivity index (χ1n) is 6.07. The zero-order valence-electron chi connectivity index (χ0n) is 10.1. The molecule has 17 heavy (non-hydrogen) atoms. The van der Waals surface area contributed by atoms with Gasteiger partial charge in [0.05, 0.1) is 0 Å². The van der Waals surface area contributed by atoms with Crippen LogP contribution in [0, 0.1) is 0 Å². The smallest absolute Gasteiger partial charge is 0.0388 e. The number of hydrogen-bond acceptors (Lipinski definition) is 5. The molecule has 3 N–H and O–H groups in total. The Balaban J connectivity index is 2.00. The lowest BCUT2D eigenvalue weighted by Crippen LogP contribution is -2.49. The van der Waals surface area contributed by atoms with Crippen LogP contribution in [-0.2, 0) is 6.42 Å². The standard InChI is InChI=1S/C12H20N2S3/c1-2-11-12(17-7-6-16-11)10(14-13)8-9-4-3-5-15-9/h3-5,10-12,14H,2,6-8,13H2,1H3. The van der Waals surface area contributed by atoms with E-state index < -0.39 is 0 Å². The summed E-state index contributed by atoms with van der Waals surface area (Å²) in [7, 11) is 0. The third-order valence-electron chi connectivity index (χ3n) is 3.11. The van der Waals surface area contributed by atoms with Gasteiger partial charge in [0.2, 0.25) is 0 Å². The molecule has 1 aliphatic rings. The van der Waals surface area contributed by atoms with Gasteiger partial charge in [0, 0.05) is 32.9 Å². The number of hydrogen-bond donors (Lipinski definition) is 2. The first-order valence-corrected chi connectivity index (χ1v) is 9.04. The number of thiophene rings is 1. The highest BCUT2D eigenvalue weighted by Crippen LogP contribution is 2.36. The molecule has 1 aromatic heterocycles. The van der Waals surface area contributed by atoms with Crippen LogP contribution >= 0.6 is 34.9 Å². The second-order valence-electron chi connectivity index (χ2n) is 4.21. The molecule has 96 valence electrons. The molecule has 5 heteroatoms. The molecule has 0 radical (unpaired) electrons. The van der Waals surface area contributed by atoms with Crippen molar-refractivity contribution in [3.63, 3.8) is 0 Å². The van der Waals surface area contributed by atoms with E-state index in [1.54, 1.807) is 0 Å². The molecule has 1 aromatic rings. The zero-order valence-corrected chi connectivity index (χ0v) is 12.5. The molecule has 0 amide bonds. The van der Waals surface area contributed by atoms with Crippen molar-refractivity contribution in [2.45, 2.75) is 36.3 Å². The minimum Gasteiger partial charge on any atom is -0.271 e. The molecule has 2 nitrogen and oxygen atoms in total. The molecule has 0 aromatic carbocycles. The maximum Gasteiger partial charge on any atom is 0.0388 e. The number of thioether (sulfide) groups is 2. The Labute approximate surface area is 116 Å². The van der Waals surface area contributed by atoms with E-state index in [9.17, 15) is 0 Å². The van der Waals surface area contributed by atoms with Crippen molar-refractivity contribution in [2.75, 3.05) is 11.5 Å². The molecule has 0 spiro atoms. The van der Waals surface area contributed by atoms with Gasteiger partial charge in [-0.05, 0) is 24.3 Å². The lowest BCUT2D eigenvalue weighted by molar-refractivity contribution is 0.493. The SMILES string of the molecule is CCC1SCCSC1C(Cc1cccs1)NN. The fraction of sp³-hybridized carbons (Fsp3) is 0.667. The van der Waals surface area contributed by atoms with Crippen LogP contribution in [0.15, 0.2) is 17.5 Å². The first-order chi connectivity index (χ1) is 8.35. The number of nitrogens with one attached hydrogen (secondary N) is 1. The Hall–Kier alpha value is 0.320. The fourth-order valence-electron chi connectivity index (χ4n) is 2.23. The van der Waals surface area contributed by atoms with Crippen molar-refractivity contribution >= 4 is 34.9 Å². The Morgan fingerprint density at radius 1 is 1.47 bits per heavy atom. The van der Waals surface area contributed by atoms with Gasteiger partial charge < -0.3 is 0 Å². The molecule has 3 atom stereocenters. The van der Waals surface area contributed by atoms with Crippen molar-refractivity contribution in [3.8, 4) is 0 Å². The average molecular weight is 289 g/mol. The minimum absolute atomic E-state index is 0.399. The van der Waals surface area contributed by atoms with Crippen molar-refractivity contribution < 1.29 is 0 Å². The summed E-state index contributed by atoms with van der Waals surface area (Å²) in [6.45, 7) is 2.29. The Morgan fingerprint density at radius 2 is 2.29 bits per heavy atom. The molecule has 0 aliphatic carbocycles. The molecule has 2 rings (SSSR count). The summed E-state index contributed by atoms with van der Waals surface area (Å²) >= 11 is 6.03. The summed E-state index contributed by atoms with van der Waals surface area (Å²) in [4.78, 5) is 1.43. The van der Waals surface area contributed by atoms with Crippen molar-refractivity contribution in [3.05, 3.63) is 22.4 Å². The van der Waals surface area contributed by atoms with E-state index in [0.717, 1.165) is 11.7 Å². The summed E-state index contributed by atoms with van der Waals surface area (Å²) in [5, 5.41) is 3.53. The lowest BCUT2D eigenvalue weighted by Gasteiger charge is -2.35. The normalized spacial score (nSPS) is 26.9. The van der Waals surface area contributed by atoms with E-state index in [-0.39, 0.29) is 0 Å². The summed E-state index contributed by atoms with van der Waals surface area (Å²) < 4.78 is 0. The van der Waals surface area contributed by atoms with E-state index in [1.165, 1.54) is 22.8 Å². The zero-order chi connectivity index (χ0) is 12.1. The molecule has 1 saturated heterocycles. The van der Waals surface area contributed by atoms with Gasteiger partial charge in [-0.25, -0.2) is 0 Å². The highest BCUT2D eigenvalue weighted by molar-refractivity contribution is 8.07. The van der Waals surface area contributed by atoms with Gasteiger partial charge in [-0.15, -0.1) is 11.3 Å². The van der Waals surface area contributed by atoms with Gasteiger partial charge in [0.1, 0.15) is 0 Å². The third kappa shape index (κ3) is 3.64. The molecular formula is C12H20N2S3. The molecule has 1 aliphatic heterocycles. The van der Waals surface area contributed by atoms with Crippen LogP contribution in [0.2, 0.25) is 0 Å². The largest absolute Gasteiger partial charge is 0.271 e. The van der Waals surface area contributed by atoms with Crippen LogP contribution in [0.5, 0.6) is 0 Å². The predicted octanol–water partition coefficient (Wildman–Crippen LogP) is 2.75. The van der Waals surface area contributed by atoms with Crippen molar-refractivity contribution in [1.82, 2.24) is 5.43 Å². The maximum absolute atomic E-state index is 5.77. The van der Waals surface area contributed by atoms with E-state index in [4.69, 9.17) is 5.84 Å². The second-order valence-corrected chi connectivity index (χ2v) is 7.87. The van der Waals surface area contributed by atoms with Crippen LogP contribution in [0.25, 0.3) is 0 Å². The van der Waals surface area contributed by atoms with E-state index in [0.29, 0.717) is 11.3 Å². The van der Waals surface area contributed by atoms with Gasteiger partial charge in [-0.3, -0.25) is 11.3 Å². The second kappa shape index (κ2) is 7.04. The Kier molecular flexibility index (Phi) is 5.69. The van der Waals surface area contributed by atoms with Gasteiger partial charge in [0.25, 0.3) is 0 Å². The highest BCUT2D eigenvalue weighted by Gasteiger charge is 2.31. The molecule has 2 heterocycles. The monoisotopic (exact) mass is 288 g/mol. The lowest BCUT2D eigenvalue weighted by atomic mass is 10.1. The topological polar surface area (TPSA) is 38.0 Å². The number of rotatable bonds is 5. The molecule has 1 fully saturated rings. The highest BCUT2D eigenvalue weighted by atomic mass is 32.2. The van der Waals surface area contributed by atoms with Gasteiger partial charge in [0.15, 0.2) is 0 Å². The third-order valence-corrected chi connectivity index (χ3v) is 7.41. The quantitative estimate of drug-likeness (QED) is 0.645. The van der Waals surface area contributed by atoms with Crippen molar-refractivity contribution in [1.29, 1.82) is 0 Å². The molecule has 0 bridgehead atoms. The summed E-state index contributed by atoms with van der Waals surface area (Å²) in [5.41, 5.74) is 3.05. The van der Waals surface area contributed by atoms with Crippen molar-refractivity contribution in [2.24, 2.45) is 5.84 Å². The summed E-state index contributed by atoms with van der Waals surface area (Å²) in [5.74, 6) is 8.32.